The maximum absolute atomic E-state index is 13.0. The van der Waals surface area contributed by atoms with Gasteiger partial charge in [-0.2, -0.15) is 9.41 Å². The molecule has 1 aromatic rings. The van der Waals surface area contributed by atoms with Gasteiger partial charge in [0.05, 0.1) is 10.8 Å². The number of nitrogens with zero attached hydrogens (tertiary/aromatic N) is 2. The van der Waals surface area contributed by atoms with Crippen molar-refractivity contribution in [2.45, 2.75) is 56.8 Å². The third-order valence-corrected chi connectivity index (χ3v) is 9.56. The molecule has 0 aromatic heterocycles. The Morgan fingerprint density at radius 2 is 1.67 bits per heavy atom. The van der Waals surface area contributed by atoms with Gasteiger partial charge in [-0.15, -0.1) is 0 Å². The van der Waals surface area contributed by atoms with Crippen LogP contribution in [0.3, 0.4) is 0 Å². The van der Waals surface area contributed by atoms with E-state index in [-0.39, 0.29) is 18.4 Å². The SMILES string of the molecule is Cc1ccc(S(=O)(=O)N2CCC[C@@H](C(=O)NN=C3C4CC5CC(C4)CC3C5)C2)cc1. The van der Waals surface area contributed by atoms with Gasteiger partial charge in [0.25, 0.3) is 0 Å². The van der Waals surface area contributed by atoms with E-state index in [4.69, 9.17) is 0 Å². The lowest BCUT2D eigenvalue weighted by Crippen LogP contribution is -2.47. The summed E-state index contributed by atoms with van der Waals surface area (Å²) in [6.45, 7) is 2.62. The molecule has 1 N–H and O–H groups in total. The van der Waals surface area contributed by atoms with Gasteiger partial charge in [-0.3, -0.25) is 4.79 Å². The molecule has 5 aliphatic rings. The van der Waals surface area contributed by atoms with Crippen LogP contribution in [0.25, 0.3) is 0 Å². The standard InChI is InChI=1S/C23H31N3O3S/c1-15-4-6-21(7-5-15)30(28,29)26-8-2-3-18(14-26)23(27)25-24-22-19-10-16-9-17(12-19)13-20(22)11-16/h4-7,16-20H,2-3,8-14H2,1H3,(H,25,27)/t16?,17?,18-,19?,20?/m1/s1. The van der Waals surface area contributed by atoms with Crippen LogP contribution in [0.15, 0.2) is 34.3 Å². The minimum atomic E-state index is -3.58. The summed E-state index contributed by atoms with van der Waals surface area (Å²) in [7, 11) is -3.58. The lowest BCUT2D eigenvalue weighted by Gasteiger charge is -2.50. The van der Waals surface area contributed by atoms with Crippen molar-refractivity contribution < 1.29 is 13.2 Å². The monoisotopic (exact) mass is 429 g/mol. The van der Waals surface area contributed by atoms with Gasteiger partial charge in [0, 0.05) is 18.8 Å². The summed E-state index contributed by atoms with van der Waals surface area (Å²) in [6, 6.07) is 6.91. The summed E-state index contributed by atoms with van der Waals surface area (Å²) in [5.74, 6) is 2.33. The summed E-state index contributed by atoms with van der Waals surface area (Å²) >= 11 is 0. The summed E-state index contributed by atoms with van der Waals surface area (Å²) in [5, 5.41) is 4.60. The van der Waals surface area contributed by atoms with Gasteiger partial charge in [-0.25, -0.2) is 13.8 Å². The van der Waals surface area contributed by atoms with E-state index < -0.39 is 10.0 Å². The van der Waals surface area contributed by atoms with Crippen LogP contribution in [-0.2, 0) is 14.8 Å². The van der Waals surface area contributed by atoms with E-state index in [2.05, 4.69) is 10.5 Å². The molecular weight excluding hydrogens is 398 g/mol. The largest absolute Gasteiger partial charge is 0.273 e. The Hall–Kier alpha value is -1.73. The number of hydrogen-bond acceptors (Lipinski definition) is 4. The Morgan fingerprint density at radius 3 is 2.30 bits per heavy atom. The number of carbonyl (C=O) groups is 1. The predicted molar refractivity (Wildman–Crippen MR) is 115 cm³/mol. The molecule has 0 unspecified atom stereocenters. The lowest BCUT2D eigenvalue weighted by atomic mass is 9.55. The van der Waals surface area contributed by atoms with E-state index in [0.29, 0.717) is 36.1 Å². The minimum Gasteiger partial charge on any atom is -0.273 e. The van der Waals surface area contributed by atoms with Gasteiger partial charge in [0.2, 0.25) is 15.9 Å². The van der Waals surface area contributed by atoms with E-state index in [0.717, 1.165) is 17.4 Å². The first-order valence-electron chi connectivity index (χ1n) is 11.3. The van der Waals surface area contributed by atoms with Gasteiger partial charge in [0.15, 0.2) is 0 Å². The van der Waals surface area contributed by atoms with Crippen LogP contribution in [-0.4, -0.2) is 37.4 Å². The molecule has 0 spiro atoms. The Labute approximate surface area is 179 Å². The van der Waals surface area contributed by atoms with Crippen molar-refractivity contribution in [3.63, 3.8) is 0 Å². The molecule has 1 aliphatic heterocycles. The first-order valence-corrected chi connectivity index (χ1v) is 12.8. The van der Waals surface area contributed by atoms with E-state index >= 15 is 0 Å². The van der Waals surface area contributed by atoms with Crippen molar-refractivity contribution in [2.75, 3.05) is 13.1 Å². The fourth-order valence-electron chi connectivity index (χ4n) is 6.29. The van der Waals surface area contributed by atoms with Gasteiger partial charge in [0.1, 0.15) is 0 Å². The molecule has 6 rings (SSSR count). The number of rotatable bonds is 4. The van der Waals surface area contributed by atoms with Crippen LogP contribution in [0.1, 0.15) is 50.5 Å². The highest BCUT2D eigenvalue weighted by Crippen LogP contribution is 2.52. The second-order valence-electron chi connectivity index (χ2n) is 9.83. The van der Waals surface area contributed by atoms with E-state index in [1.165, 1.54) is 42.1 Å². The number of hydrazone groups is 1. The molecule has 7 heteroatoms. The number of amides is 1. The smallest absolute Gasteiger partial charge is 0.244 e. The van der Waals surface area contributed by atoms with Gasteiger partial charge in [-0.1, -0.05) is 17.7 Å². The number of nitrogens with one attached hydrogen (secondary N) is 1. The number of hydrogen-bond donors (Lipinski definition) is 1. The molecule has 1 amide bonds. The summed E-state index contributed by atoms with van der Waals surface area (Å²) in [4.78, 5) is 13.1. The molecule has 4 bridgehead atoms. The summed E-state index contributed by atoms with van der Waals surface area (Å²) in [5.41, 5.74) is 5.05. The third kappa shape index (κ3) is 3.71. The molecule has 4 saturated carbocycles. The normalized spacial score (nSPS) is 33.5. The molecule has 1 atom stereocenters. The quantitative estimate of drug-likeness (QED) is 0.746. The van der Waals surface area contributed by atoms with Gasteiger partial charge in [-0.05, 0) is 87.7 Å². The van der Waals surface area contributed by atoms with Crippen molar-refractivity contribution in [2.24, 2.45) is 34.7 Å². The number of benzene rings is 1. The van der Waals surface area contributed by atoms with Crippen molar-refractivity contribution in [3.05, 3.63) is 29.8 Å². The van der Waals surface area contributed by atoms with E-state index in [1.807, 2.05) is 19.1 Å². The number of carbonyl (C=O) groups excluding carboxylic acids is 1. The highest BCUT2D eigenvalue weighted by molar-refractivity contribution is 7.89. The van der Waals surface area contributed by atoms with Crippen molar-refractivity contribution >= 4 is 21.6 Å². The highest BCUT2D eigenvalue weighted by atomic mass is 32.2. The second kappa shape index (κ2) is 7.75. The molecule has 4 aliphatic carbocycles. The van der Waals surface area contributed by atoms with E-state index in [9.17, 15) is 13.2 Å². The van der Waals surface area contributed by atoms with Crippen LogP contribution >= 0.6 is 0 Å². The molecule has 1 saturated heterocycles. The lowest BCUT2D eigenvalue weighted by molar-refractivity contribution is -0.126. The number of sulfonamides is 1. The van der Waals surface area contributed by atoms with Crippen LogP contribution in [0, 0.1) is 36.5 Å². The molecule has 6 nitrogen and oxygen atoms in total. The summed E-state index contributed by atoms with van der Waals surface area (Å²) < 4.78 is 27.5. The third-order valence-electron chi connectivity index (χ3n) is 7.68. The number of piperidine rings is 1. The summed E-state index contributed by atoms with van der Waals surface area (Å²) in [6.07, 6.45) is 7.70. The molecule has 0 radical (unpaired) electrons. The zero-order valence-corrected chi connectivity index (χ0v) is 18.4. The van der Waals surface area contributed by atoms with Crippen LogP contribution < -0.4 is 5.43 Å². The van der Waals surface area contributed by atoms with Crippen molar-refractivity contribution in [1.29, 1.82) is 0 Å². The maximum Gasteiger partial charge on any atom is 0.244 e. The average molecular weight is 430 g/mol. The maximum atomic E-state index is 13.0. The van der Waals surface area contributed by atoms with Gasteiger partial charge < -0.3 is 0 Å². The fourth-order valence-corrected chi connectivity index (χ4v) is 7.82. The highest BCUT2D eigenvalue weighted by Gasteiger charge is 2.46. The van der Waals surface area contributed by atoms with Crippen LogP contribution in [0.5, 0.6) is 0 Å². The molecule has 1 aromatic carbocycles. The molecular formula is C23H31N3O3S. The minimum absolute atomic E-state index is 0.139. The van der Waals surface area contributed by atoms with Crippen LogP contribution in [0.2, 0.25) is 0 Å². The zero-order valence-electron chi connectivity index (χ0n) is 17.6. The molecule has 5 fully saturated rings. The Balaban J connectivity index is 1.25. The second-order valence-corrected chi connectivity index (χ2v) is 11.8. The van der Waals surface area contributed by atoms with Crippen molar-refractivity contribution in [3.8, 4) is 0 Å². The first-order chi connectivity index (χ1) is 14.4. The Kier molecular flexibility index (Phi) is 5.22. The average Bonchev–Trinajstić information content (AvgIpc) is 2.73. The molecule has 30 heavy (non-hydrogen) atoms. The molecule has 162 valence electrons. The van der Waals surface area contributed by atoms with Crippen molar-refractivity contribution in [1.82, 2.24) is 9.73 Å². The van der Waals surface area contributed by atoms with Gasteiger partial charge >= 0.3 is 0 Å². The van der Waals surface area contributed by atoms with Crippen LogP contribution in [0.4, 0.5) is 0 Å². The number of aryl methyl sites for hydroxylation is 1. The Bertz CT molecular complexity index is 924. The predicted octanol–water partition coefficient (Wildman–Crippen LogP) is 3.32. The van der Waals surface area contributed by atoms with E-state index in [1.54, 1.807) is 12.1 Å². The Morgan fingerprint density at radius 1 is 1.03 bits per heavy atom. The molecule has 1 heterocycles. The first kappa shape index (κ1) is 20.2. The fraction of sp³-hybridized carbons (Fsp3) is 0.652. The zero-order chi connectivity index (χ0) is 20.9. The topological polar surface area (TPSA) is 78.8 Å².